The van der Waals surface area contributed by atoms with E-state index < -0.39 is 10.0 Å². The summed E-state index contributed by atoms with van der Waals surface area (Å²) in [6, 6.07) is 9.37. The standard InChI is InChI=1S/C21H24N4O2S/c1-13-11-14(2)16(4)20(15(13)3)28(26,27)24-18-8-5-7-17(12-18)21-23-22-19-9-6-10-25(19)21/h5,7-8,11-12,24H,6,9-10H2,1-4H3. The van der Waals surface area contributed by atoms with Crippen molar-refractivity contribution >= 4 is 15.7 Å². The summed E-state index contributed by atoms with van der Waals surface area (Å²) in [5.41, 5.74) is 4.87. The van der Waals surface area contributed by atoms with Crippen molar-refractivity contribution in [2.24, 2.45) is 0 Å². The minimum absolute atomic E-state index is 0.360. The lowest BCUT2D eigenvalue weighted by Gasteiger charge is -2.17. The van der Waals surface area contributed by atoms with Gasteiger partial charge in [0, 0.05) is 24.2 Å². The molecule has 28 heavy (non-hydrogen) atoms. The maximum absolute atomic E-state index is 13.2. The van der Waals surface area contributed by atoms with E-state index in [0.29, 0.717) is 10.6 Å². The van der Waals surface area contributed by atoms with Crippen LogP contribution in [0.2, 0.25) is 0 Å². The number of aryl methyl sites for hydroxylation is 3. The Labute approximate surface area is 165 Å². The van der Waals surface area contributed by atoms with Crippen LogP contribution in [0.3, 0.4) is 0 Å². The molecular weight excluding hydrogens is 372 g/mol. The van der Waals surface area contributed by atoms with Crippen LogP contribution in [0.4, 0.5) is 5.69 Å². The molecule has 1 aliphatic rings. The molecule has 0 saturated carbocycles. The summed E-state index contributed by atoms with van der Waals surface area (Å²) in [4.78, 5) is 0.360. The van der Waals surface area contributed by atoms with Crippen LogP contribution in [0.1, 0.15) is 34.5 Å². The van der Waals surface area contributed by atoms with Gasteiger partial charge in [0.05, 0.1) is 4.90 Å². The van der Waals surface area contributed by atoms with Crippen LogP contribution in [-0.2, 0) is 23.0 Å². The summed E-state index contributed by atoms with van der Waals surface area (Å²) < 4.78 is 31.2. The summed E-state index contributed by atoms with van der Waals surface area (Å²) in [6.45, 7) is 8.48. The molecule has 0 aliphatic carbocycles. The van der Waals surface area contributed by atoms with Gasteiger partial charge in [0.2, 0.25) is 0 Å². The van der Waals surface area contributed by atoms with Gasteiger partial charge in [-0.05, 0) is 68.5 Å². The second-order valence-corrected chi connectivity index (χ2v) is 9.09. The summed E-state index contributed by atoms with van der Waals surface area (Å²) >= 11 is 0. The first-order valence-electron chi connectivity index (χ1n) is 9.40. The van der Waals surface area contributed by atoms with Crippen molar-refractivity contribution < 1.29 is 8.42 Å². The van der Waals surface area contributed by atoms with Crippen molar-refractivity contribution in [3.05, 3.63) is 58.4 Å². The number of hydrogen-bond acceptors (Lipinski definition) is 4. The zero-order valence-corrected chi connectivity index (χ0v) is 17.4. The van der Waals surface area contributed by atoms with Crippen molar-refractivity contribution in [1.82, 2.24) is 14.8 Å². The van der Waals surface area contributed by atoms with Crippen LogP contribution in [0.25, 0.3) is 11.4 Å². The Morgan fingerprint density at radius 2 is 1.71 bits per heavy atom. The molecule has 2 aromatic carbocycles. The lowest BCUT2D eigenvalue weighted by molar-refractivity contribution is 0.599. The third-order valence-corrected chi connectivity index (χ3v) is 7.20. The summed E-state index contributed by atoms with van der Waals surface area (Å²) in [7, 11) is -3.71. The van der Waals surface area contributed by atoms with Gasteiger partial charge in [0.25, 0.3) is 10.0 Å². The molecular formula is C21H24N4O2S. The van der Waals surface area contributed by atoms with E-state index in [0.717, 1.165) is 58.9 Å². The molecule has 2 heterocycles. The zero-order chi connectivity index (χ0) is 20.1. The quantitative estimate of drug-likeness (QED) is 0.725. The van der Waals surface area contributed by atoms with E-state index in [2.05, 4.69) is 19.5 Å². The van der Waals surface area contributed by atoms with Crippen LogP contribution >= 0.6 is 0 Å². The zero-order valence-electron chi connectivity index (χ0n) is 16.6. The minimum Gasteiger partial charge on any atom is -0.311 e. The molecule has 0 unspecified atom stereocenters. The first kappa shape index (κ1) is 18.7. The smallest absolute Gasteiger partial charge is 0.262 e. The fourth-order valence-corrected chi connectivity index (χ4v) is 5.54. The Bertz CT molecular complexity index is 1150. The highest BCUT2D eigenvalue weighted by Gasteiger charge is 2.23. The number of nitrogens with zero attached hydrogens (tertiary/aromatic N) is 3. The first-order chi connectivity index (χ1) is 13.3. The van der Waals surface area contributed by atoms with E-state index in [-0.39, 0.29) is 0 Å². The van der Waals surface area contributed by atoms with Crippen LogP contribution in [0.5, 0.6) is 0 Å². The van der Waals surface area contributed by atoms with Crippen LogP contribution < -0.4 is 4.72 Å². The van der Waals surface area contributed by atoms with Crippen LogP contribution in [-0.4, -0.2) is 23.2 Å². The maximum atomic E-state index is 13.2. The molecule has 0 spiro atoms. The highest BCUT2D eigenvalue weighted by molar-refractivity contribution is 7.92. The monoisotopic (exact) mass is 396 g/mol. The molecule has 0 amide bonds. The first-order valence-corrected chi connectivity index (χ1v) is 10.9. The minimum atomic E-state index is -3.71. The van der Waals surface area contributed by atoms with Gasteiger partial charge in [-0.1, -0.05) is 18.2 Å². The SMILES string of the molecule is Cc1cc(C)c(C)c(S(=O)(=O)Nc2cccc(-c3nnc4n3CCC4)c2)c1C. The number of hydrogen-bond donors (Lipinski definition) is 1. The third-order valence-electron chi connectivity index (χ3n) is 5.55. The number of sulfonamides is 1. The fraction of sp³-hybridized carbons (Fsp3) is 0.333. The Morgan fingerprint density at radius 1 is 1.00 bits per heavy atom. The topological polar surface area (TPSA) is 76.9 Å². The predicted molar refractivity (Wildman–Crippen MR) is 110 cm³/mol. The second kappa shape index (κ2) is 6.74. The lowest BCUT2D eigenvalue weighted by Crippen LogP contribution is -2.17. The average Bonchev–Trinajstić information content (AvgIpc) is 3.23. The van der Waals surface area contributed by atoms with Gasteiger partial charge in [0.15, 0.2) is 5.82 Å². The number of rotatable bonds is 4. The van der Waals surface area contributed by atoms with Gasteiger partial charge < -0.3 is 4.57 Å². The molecule has 0 atom stereocenters. The molecule has 7 heteroatoms. The Hall–Kier alpha value is -2.67. The van der Waals surface area contributed by atoms with Gasteiger partial charge in [-0.3, -0.25) is 4.72 Å². The lowest BCUT2D eigenvalue weighted by atomic mass is 10.0. The summed E-state index contributed by atoms with van der Waals surface area (Å²) in [5.74, 6) is 1.77. The van der Waals surface area contributed by atoms with E-state index in [4.69, 9.17) is 0 Å². The van der Waals surface area contributed by atoms with E-state index in [1.165, 1.54) is 0 Å². The van der Waals surface area contributed by atoms with Crippen molar-refractivity contribution in [3.8, 4) is 11.4 Å². The molecule has 0 radical (unpaired) electrons. The Kier molecular flexibility index (Phi) is 4.50. The van der Waals surface area contributed by atoms with Gasteiger partial charge in [-0.25, -0.2) is 8.42 Å². The Balaban J connectivity index is 1.72. The Morgan fingerprint density at radius 3 is 2.43 bits per heavy atom. The van der Waals surface area contributed by atoms with Gasteiger partial charge in [-0.2, -0.15) is 0 Å². The fourth-order valence-electron chi connectivity index (χ4n) is 3.88. The highest BCUT2D eigenvalue weighted by atomic mass is 32.2. The van der Waals surface area contributed by atoms with E-state index in [1.54, 1.807) is 6.07 Å². The van der Waals surface area contributed by atoms with Crippen molar-refractivity contribution in [3.63, 3.8) is 0 Å². The molecule has 1 aromatic heterocycles. The molecule has 0 fully saturated rings. The summed E-state index contributed by atoms with van der Waals surface area (Å²) in [6.07, 6.45) is 2.00. The van der Waals surface area contributed by atoms with Gasteiger partial charge in [-0.15, -0.1) is 10.2 Å². The largest absolute Gasteiger partial charge is 0.311 e. The van der Waals surface area contributed by atoms with Crippen LogP contribution in [0, 0.1) is 27.7 Å². The predicted octanol–water partition coefficient (Wildman–Crippen LogP) is 3.93. The van der Waals surface area contributed by atoms with Gasteiger partial charge >= 0.3 is 0 Å². The normalized spacial score (nSPS) is 13.6. The van der Waals surface area contributed by atoms with Crippen molar-refractivity contribution in [1.29, 1.82) is 0 Å². The molecule has 3 aromatic rings. The van der Waals surface area contributed by atoms with E-state index in [1.807, 2.05) is 52.0 Å². The van der Waals surface area contributed by atoms with Gasteiger partial charge in [0.1, 0.15) is 5.82 Å². The van der Waals surface area contributed by atoms with Crippen molar-refractivity contribution in [2.45, 2.75) is 52.0 Å². The number of benzene rings is 2. The average molecular weight is 397 g/mol. The number of aromatic nitrogens is 3. The number of fused-ring (bicyclic) bond motifs is 1. The molecule has 0 saturated heterocycles. The van der Waals surface area contributed by atoms with Crippen molar-refractivity contribution in [2.75, 3.05) is 4.72 Å². The van der Waals surface area contributed by atoms with E-state index >= 15 is 0 Å². The van der Waals surface area contributed by atoms with Crippen LogP contribution in [0.15, 0.2) is 35.2 Å². The van der Waals surface area contributed by atoms with E-state index in [9.17, 15) is 8.42 Å². The highest BCUT2D eigenvalue weighted by Crippen LogP contribution is 2.30. The number of nitrogens with one attached hydrogen (secondary N) is 1. The third kappa shape index (κ3) is 3.09. The molecule has 1 N–H and O–H groups in total. The second-order valence-electron chi connectivity index (χ2n) is 7.47. The molecule has 4 rings (SSSR count). The molecule has 0 bridgehead atoms. The molecule has 6 nitrogen and oxygen atoms in total. The number of anilines is 1. The molecule has 1 aliphatic heterocycles. The maximum Gasteiger partial charge on any atom is 0.262 e. The molecule has 146 valence electrons. The summed E-state index contributed by atoms with van der Waals surface area (Å²) in [5, 5.41) is 8.53.